The third-order valence-corrected chi connectivity index (χ3v) is 5.00. The van der Waals surface area contributed by atoms with Crippen LogP contribution in [0.4, 0.5) is 0 Å². The van der Waals surface area contributed by atoms with E-state index < -0.39 is 0 Å². The zero-order valence-corrected chi connectivity index (χ0v) is 11.5. The number of benzene rings is 1. The van der Waals surface area contributed by atoms with Gasteiger partial charge in [0.05, 0.1) is 13.2 Å². The summed E-state index contributed by atoms with van der Waals surface area (Å²) in [6.07, 6.45) is 3.80. The van der Waals surface area contributed by atoms with E-state index in [1.54, 1.807) is 0 Å². The predicted molar refractivity (Wildman–Crippen MR) is 73.9 cm³/mol. The average Bonchev–Trinajstić information content (AvgIpc) is 3.10. The Hall–Kier alpha value is -0.860. The van der Waals surface area contributed by atoms with Gasteiger partial charge in [0.2, 0.25) is 0 Å². The number of hydrogen-bond acceptors (Lipinski definition) is 2. The smallest absolute Gasteiger partial charge is 0.0591 e. The molecule has 0 aromatic heterocycles. The first kappa shape index (κ1) is 12.2. The van der Waals surface area contributed by atoms with Gasteiger partial charge in [0.1, 0.15) is 0 Å². The highest BCUT2D eigenvalue weighted by Crippen LogP contribution is 2.62. The third-order valence-electron chi connectivity index (χ3n) is 5.00. The molecular weight excluding hydrogens is 222 g/mol. The molecule has 2 aliphatic rings. The van der Waals surface area contributed by atoms with Crippen LogP contribution in [0.15, 0.2) is 24.3 Å². The van der Waals surface area contributed by atoms with Gasteiger partial charge in [0, 0.05) is 12.0 Å². The maximum Gasteiger partial charge on any atom is 0.0591 e. The molecule has 3 rings (SSSR count). The third kappa shape index (κ3) is 1.63. The molecule has 1 aromatic rings. The lowest BCUT2D eigenvalue weighted by atomic mass is 9.66. The summed E-state index contributed by atoms with van der Waals surface area (Å²) < 4.78 is 5.59. The second kappa shape index (κ2) is 4.36. The summed E-state index contributed by atoms with van der Waals surface area (Å²) in [6.45, 7) is 5.13. The van der Waals surface area contributed by atoms with Crippen LogP contribution in [-0.2, 0) is 16.6 Å². The van der Waals surface area contributed by atoms with Crippen LogP contribution in [0.2, 0.25) is 0 Å². The molecule has 2 nitrogen and oxygen atoms in total. The van der Waals surface area contributed by atoms with E-state index in [-0.39, 0.29) is 5.41 Å². The number of rotatable bonds is 5. The Labute approximate surface area is 110 Å². The van der Waals surface area contributed by atoms with Crippen molar-refractivity contribution in [3.63, 3.8) is 0 Å². The molecule has 0 bridgehead atoms. The van der Waals surface area contributed by atoms with E-state index >= 15 is 0 Å². The first-order valence-electron chi connectivity index (χ1n) is 7.08. The highest BCUT2D eigenvalue weighted by atomic mass is 16.5. The molecule has 1 heterocycles. The van der Waals surface area contributed by atoms with Crippen LogP contribution >= 0.6 is 0 Å². The van der Waals surface area contributed by atoms with E-state index in [2.05, 4.69) is 43.6 Å². The Balaban J connectivity index is 1.91. The van der Waals surface area contributed by atoms with E-state index in [9.17, 15) is 0 Å². The molecule has 1 aliphatic heterocycles. The lowest BCUT2D eigenvalue weighted by molar-refractivity contribution is -0.0986. The number of nitrogens with one attached hydrogen (secondary N) is 1. The molecule has 1 aliphatic carbocycles. The van der Waals surface area contributed by atoms with Gasteiger partial charge in [-0.05, 0) is 42.9 Å². The van der Waals surface area contributed by atoms with Gasteiger partial charge in [0.15, 0.2) is 0 Å². The summed E-state index contributed by atoms with van der Waals surface area (Å²) >= 11 is 0. The number of hydrogen-bond donors (Lipinski definition) is 1. The Morgan fingerprint density at radius 2 is 1.83 bits per heavy atom. The van der Waals surface area contributed by atoms with Crippen molar-refractivity contribution in [2.24, 2.45) is 5.41 Å². The van der Waals surface area contributed by atoms with Gasteiger partial charge in [-0.15, -0.1) is 0 Å². The summed E-state index contributed by atoms with van der Waals surface area (Å²) in [7, 11) is 2.06. The van der Waals surface area contributed by atoms with Gasteiger partial charge >= 0.3 is 0 Å². The number of aryl methyl sites for hydroxylation is 1. The first-order chi connectivity index (χ1) is 8.76. The van der Waals surface area contributed by atoms with Crippen LogP contribution in [0.1, 0.15) is 30.9 Å². The Morgan fingerprint density at radius 3 is 2.22 bits per heavy atom. The van der Waals surface area contributed by atoms with Gasteiger partial charge in [-0.25, -0.2) is 0 Å². The average molecular weight is 245 g/mol. The summed E-state index contributed by atoms with van der Waals surface area (Å²) in [5, 5.41) is 3.38. The van der Waals surface area contributed by atoms with Gasteiger partial charge in [0.25, 0.3) is 0 Å². The van der Waals surface area contributed by atoms with Crippen molar-refractivity contribution in [2.45, 2.75) is 31.6 Å². The predicted octanol–water partition coefficient (Wildman–Crippen LogP) is 2.52. The Kier molecular flexibility index (Phi) is 2.95. The normalized spacial score (nSPS) is 23.4. The van der Waals surface area contributed by atoms with E-state index in [0.29, 0.717) is 5.41 Å². The second-order valence-corrected chi connectivity index (χ2v) is 5.94. The van der Waals surface area contributed by atoms with Crippen molar-refractivity contribution in [2.75, 3.05) is 26.8 Å². The van der Waals surface area contributed by atoms with Crippen molar-refractivity contribution in [3.05, 3.63) is 35.4 Å². The molecule has 0 radical (unpaired) electrons. The van der Waals surface area contributed by atoms with Crippen LogP contribution in [-0.4, -0.2) is 26.8 Å². The molecule has 2 heteroatoms. The summed E-state index contributed by atoms with van der Waals surface area (Å²) in [5.74, 6) is 0. The zero-order chi connectivity index (χ0) is 12.6. The van der Waals surface area contributed by atoms with Gasteiger partial charge in [-0.3, -0.25) is 0 Å². The lowest BCUT2D eigenvalue weighted by Crippen LogP contribution is -2.56. The highest BCUT2D eigenvalue weighted by Gasteiger charge is 2.62. The summed E-state index contributed by atoms with van der Waals surface area (Å²) in [4.78, 5) is 0. The van der Waals surface area contributed by atoms with Crippen LogP contribution in [0.3, 0.4) is 0 Å². The van der Waals surface area contributed by atoms with E-state index in [4.69, 9.17) is 4.74 Å². The minimum absolute atomic E-state index is 0.280. The van der Waals surface area contributed by atoms with Crippen LogP contribution < -0.4 is 5.32 Å². The molecule has 18 heavy (non-hydrogen) atoms. The van der Waals surface area contributed by atoms with Crippen LogP contribution in [0, 0.1) is 5.41 Å². The van der Waals surface area contributed by atoms with Crippen LogP contribution in [0.25, 0.3) is 0 Å². The molecule has 1 saturated heterocycles. The second-order valence-electron chi connectivity index (χ2n) is 5.94. The fraction of sp³-hybridized carbons (Fsp3) is 0.625. The highest BCUT2D eigenvalue weighted by molar-refractivity contribution is 5.36. The molecule has 2 fully saturated rings. The molecular formula is C16H23NO. The molecule has 98 valence electrons. The molecule has 0 atom stereocenters. The Bertz CT molecular complexity index is 415. The standard InChI is InChI=1S/C16H23NO/c1-3-13-4-6-14(7-5-13)16(11-18-12-16)15(8-9-15)10-17-2/h4-7,17H,3,8-12H2,1-2H3. The maximum absolute atomic E-state index is 5.59. The maximum atomic E-state index is 5.59. The monoisotopic (exact) mass is 245 g/mol. The van der Waals surface area contributed by atoms with Crippen molar-refractivity contribution in [1.82, 2.24) is 5.32 Å². The molecule has 0 amide bonds. The zero-order valence-electron chi connectivity index (χ0n) is 11.5. The fourth-order valence-electron chi connectivity index (χ4n) is 3.46. The SMILES string of the molecule is CCc1ccc(C2(C3(CNC)CC3)COC2)cc1. The lowest BCUT2D eigenvalue weighted by Gasteiger charge is -2.48. The Morgan fingerprint density at radius 1 is 1.17 bits per heavy atom. The quantitative estimate of drug-likeness (QED) is 0.860. The first-order valence-corrected chi connectivity index (χ1v) is 7.08. The van der Waals surface area contributed by atoms with Gasteiger partial charge < -0.3 is 10.1 Å². The minimum Gasteiger partial charge on any atom is -0.379 e. The minimum atomic E-state index is 0.280. The molecule has 0 unspecified atom stereocenters. The summed E-state index contributed by atoms with van der Waals surface area (Å²) in [5.41, 5.74) is 3.64. The van der Waals surface area contributed by atoms with Crippen LogP contribution in [0.5, 0.6) is 0 Å². The topological polar surface area (TPSA) is 21.3 Å². The van der Waals surface area contributed by atoms with Crippen molar-refractivity contribution in [1.29, 1.82) is 0 Å². The molecule has 1 aromatic carbocycles. The van der Waals surface area contributed by atoms with Gasteiger partial charge in [-0.2, -0.15) is 0 Å². The molecule has 1 N–H and O–H groups in total. The van der Waals surface area contributed by atoms with E-state index in [0.717, 1.165) is 26.2 Å². The van der Waals surface area contributed by atoms with E-state index in [1.165, 1.54) is 24.0 Å². The largest absolute Gasteiger partial charge is 0.379 e. The van der Waals surface area contributed by atoms with E-state index in [1.807, 2.05) is 0 Å². The number of ether oxygens (including phenoxy) is 1. The van der Waals surface area contributed by atoms with Gasteiger partial charge in [-0.1, -0.05) is 31.2 Å². The van der Waals surface area contributed by atoms with Crippen molar-refractivity contribution in [3.8, 4) is 0 Å². The fourth-order valence-corrected chi connectivity index (χ4v) is 3.46. The summed E-state index contributed by atoms with van der Waals surface area (Å²) in [6, 6.07) is 9.23. The molecule has 0 spiro atoms. The molecule has 1 saturated carbocycles. The van der Waals surface area contributed by atoms with Crippen molar-refractivity contribution >= 4 is 0 Å². The van der Waals surface area contributed by atoms with Crippen molar-refractivity contribution < 1.29 is 4.74 Å².